The molecule has 0 bridgehead atoms. The van der Waals surface area contributed by atoms with Gasteiger partial charge in [-0.1, -0.05) is 18.2 Å². The first-order valence-corrected chi connectivity index (χ1v) is 32.3. The summed E-state index contributed by atoms with van der Waals surface area (Å²) in [4.78, 5) is 49.6. The van der Waals surface area contributed by atoms with Crippen LogP contribution in [0.2, 0.25) is 0 Å². The number of fused-ring (bicyclic) bond motifs is 4. The van der Waals surface area contributed by atoms with Gasteiger partial charge in [-0.05, 0) is 129 Å². The first-order valence-electron chi connectivity index (χ1n) is 30.6. The quantitative estimate of drug-likeness (QED) is 0.0726. The van der Waals surface area contributed by atoms with Gasteiger partial charge in [0.2, 0.25) is 0 Å². The van der Waals surface area contributed by atoms with Crippen LogP contribution in [0.4, 0.5) is 9.59 Å². The molecule has 2 aromatic carbocycles. The zero-order valence-electron chi connectivity index (χ0n) is 58.0. The van der Waals surface area contributed by atoms with Gasteiger partial charge in [0.05, 0.1) is 78.0 Å². The summed E-state index contributed by atoms with van der Waals surface area (Å²) in [6.45, 7) is 27.7. The molecule has 25 nitrogen and oxygen atoms in total. The summed E-state index contributed by atoms with van der Waals surface area (Å²) in [5.41, 5.74) is 9.14. The smallest absolute Gasteiger partial charge is 1.00 e. The molecule has 0 saturated carbocycles. The summed E-state index contributed by atoms with van der Waals surface area (Å²) >= 11 is 13.6. The maximum atomic E-state index is 13.0. The van der Waals surface area contributed by atoms with E-state index in [2.05, 4.69) is 114 Å². The molecule has 498 valence electrons. The first kappa shape index (κ1) is 77.8. The molecule has 3 saturated heterocycles. The second kappa shape index (κ2) is 32.6. The summed E-state index contributed by atoms with van der Waals surface area (Å²) in [6.07, 6.45) is 9.04. The van der Waals surface area contributed by atoms with Gasteiger partial charge in [0.1, 0.15) is 43.7 Å². The van der Waals surface area contributed by atoms with Crippen LogP contribution in [0.15, 0.2) is 65.8 Å². The summed E-state index contributed by atoms with van der Waals surface area (Å²) in [6, 6.07) is 12.6. The number of hydrogen-bond donors (Lipinski definition) is 0. The van der Waals surface area contributed by atoms with Crippen molar-refractivity contribution in [1.82, 2.24) is 68.0 Å². The number of carbonyl (C=O) groups excluding carboxylic acids is 3. The molecule has 11 heterocycles. The van der Waals surface area contributed by atoms with E-state index in [0.29, 0.717) is 45.2 Å². The van der Waals surface area contributed by atoms with Gasteiger partial charge in [0, 0.05) is 119 Å². The Kier molecular flexibility index (Phi) is 27.0. The van der Waals surface area contributed by atoms with Crippen molar-refractivity contribution in [1.29, 1.82) is 0 Å². The molecule has 0 radical (unpaired) electrons. The predicted molar refractivity (Wildman–Crippen MR) is 352 cm³/mol. The fraction of sp³-hybridized carbons (Fsp3) is 0.540. The largest absolute Gasteiger partial charge is 1.00 e. The number of ether oxygens (including phenoxy) is 4. The van der Waals surface area contributed by atoms with E-state index >= 15 is 0 Å². The monoisotopic (exact) mass is 1450 g/mol. The van der Waals surface area contributed by atoms with E-state index in [1.54, 1.807) is 26.1 Å². The van der Waals surface area contributed by atoms with Crippen molar-refractivity contribution in [2.24, 2.45) is 28.2 Å². The number of halogens is 3. The van der Waals surface area contributed by atoms with Crippen LogP contribution in [0.1, 0.15) is 125 Å². The molecule has 8 aromatic rings. The van der Waals surface area contributed by atoms with Crippen molar-refractivity contribution in [3.63, 3.8) is 0 Å². The summed E-state index contributed by atoms with van der Waals surface area (Å²) in [5.74, 6) is 2.74. The molecular formula is C63H84BBrCl2K2N14O11. The Balaban J connectivity index is 0.000000217. The molecular weight excluding hydrogens is 1370 g/mol. The number of aromatic nitrogens is 12. The first-order chi connectivity index (χ1) is 43.3. The van der Waals surface area contributed by atoms with Gasteiger partial charge in [-0.25, -0.2) is 19.6 Å². The normalized spacial score (nSPS) is 17.9. The Bertz CT molecular complexity index is 3910. The van der Waals surface area contributed by atoms with E-state index in [0.717, 1.165) is 128 Å². The molecule has 94 heavy (non-hydrogen) atoms. The maximum Gasteiger partial charge on any atom is 1.00 e. The zero-order valence-corrected chi connectivity index (χ0v) is 66.4. The number of benzene rings is 2. The molecule has 3 fully saturated rings. The Morgan fingerprint density at radius 3 is 1.55 bits per heavy atom. The molecule has 5 aliphatic rings. The van der Waals surface area contributed by atoms with Crippen molar-refractivity contribution >= 4 is 92.2 Å². The second-order valence-electron chi connectivity index (χ2n) is 26.3. The summed E-state index contributed by atoms with van der Waals surface area (Å²) < 4.78 is 47.4. The van der Waals surface area contributed by atoms with Gasteiger partial charge in [0.15, 0.2) is 0 Å². The van der Waals surface area contributed by atoms with E-state index in [1.807, 2.05) is 104 Å². The zero-order chi connectivity index (χ0) is 66.8. The van der Waals surface area contributed by atoms with Crippen molar-refractivity contribution in [3.05, 3.63) is 88.8 Å². The van der Waals surface area contributed by atoms with Gasteiger partial charge in [-0.15, -0.1) is 23.2 Å². The summed E-state index contributed by atoms with van der Waals surface area (Å²) in [5, 5.41) is 28.6. The Morgan fingerprint density at radius 2 is 1.13 bits per heavy atom. The van der Waals surface area contributed by atoms with Crippen LogP contribution in [0, 0.1) is 0 Å². The number of alkyl halides is 2. The van der Waals surface area contributed by atoms with E-state index in [4.69, 9.17) is 71.6 Å². The predicted octanol–water partition coefficient (Wildman–Crippen LogP) is 3.63. The third kappa shape index (κ3) is 18.6. The number of nitrogens with zero attached hydrogens (tertiary/aromatic N) is 14. The van der Waals surface area contributed by atoms with Crippen LogP contribution in [-0.4, -0.2) is 161 Å². The Hall–Kier alpha value is -3.57. The minimum absolute atomic E-state index is 0. The van der Waals surface area contributed by atoms with Gasteiger partial charge in [-0.3, -0.25) is 23.5 Å². The third-order valence-electron chi connectivity index (χ3n) is 16.4. The Morgan fingerprint density at radius 1 is 0.691 bits per heavy atom. The topological polar surface area (TPSA) is 252 Å². The van der Waals surface area contributed by atoms with Crippen molar-refractivity contribution in [3.8, 4) is 33.8 Å². The van der Waals surface area contributed by atoms with Gasteiger partial charge >= 0.3 is 122 Å². The fourth-order valence-corrected chi connectivity index (χ4v) is 11.9. The molecule has 5 aliphatic heterocycles. The van der Waals surface area contributed by atoms with Crippen LogP contribution in [0.5, 0.6) is 0 Å². The van der Waals surface area contributed by atoms with E-state index in [1.165, 1.54) is 0 Å². The number of rotatable bonds is 7. The van der Waals surface area contributed by atoms with Crippen LogP contribution in [-0.2, 0) is 92.3 Å². The number of carbonyl (C=O) groups is 3. The van der Waals surface area contributed by atoms with Gasteiger partial charge in [-0.2, -0.15) is 20.4 Å². The molecule has 0 aliphatic carbocycles. The Labute approximate surface area is 654 Å². The molecule has 13 rings (SSSR count). The average molecular weight is 1450 g/mol. The summed E-state index contributed by atoms with van der Waals surface area (Å²) in [7, 11) is 7.34. The second-order valence-corrected chi connectivity index (χ2v) is 28.5. The number of hydrogen-bond acceptors (Lipinski definition) is 17. The van der Waals surface area contributed by atoms with Gasteiger partial charge < -0.3 is 58.8 Å². The van der Waals surface area contributed by atoms with E-state index in [9.17, 15) is 9.59 Å². The van der Waals surface area contributed by atoms with Crippen molar-refractivity contribution in [2.45, 2.75) is 154 Å². The SMILES string of the molecule is CC(C)(C)OC(=O)N1CCn2c(C3CCOC3)nc(Br)c2C1.CC(Cl)Cl.Cn1cc(-c2nn(C)c3ccc(-c4nc(C5CCOC5)n5c4CN(C(=O)OC(C)(C)C)CC5)cc23)cn1.Cn1cc(-c2nn(C)c3ccc(B4OC(C)(C)C(C)(C)O4)cc23)cn1.O=CO[O-].[H-].[K+].[K+]. The van der Waals surface area contributed by atoms with Crippen molar-refractivity contribution < 1.29 is 157 Å². The molecule has 0 N–H and O–H groups in total. The average Bonchev–Trinajstić information content (AvgIpc) is 1.62. The number of amides is 2. The van der Waals surface area contributed by atoms with E-state index < -0.39 is 11.2 Å². The van der Waals surface area contributed by atoms with Crippen molar-refractivity contribution in [2.75, 3.05) is 39.5 Å². The molecule has 2 amide bonds. The molecule has 31 heteroatoms. The minimum Gasteiger partial charge on any atom is -1.00 e. The fourth-order valence-electron chi connectivity index (χ4n) is 11.4. The van der Waals surface area contributed by atoms with Crippen LogP contribution < -0.4 is 113 Å². The molecule has 2 unspecified atom stereocenters. The minimum atomic E-state index is -0.544. The number of aryl methyl sites for hydroxylation is 4. The third-order valence-corrected chi connectivity index (χ3v) is 17.1. The van der Waals surface area contributed by atoms with E-state index in [-0.39, 0.29) is 152 Å². The molecule has 2 atom stereocenters. The van der Waals surface area contributed by atoms with Gasteiger partial charge in [0.25, 0.3) is 6.47 Å². The standard InChI is InChI=1S/C27H33N7O3.C18H23BN4O2.C15H22BrN3O3.C2H4Cl2.CH2O3.2K.H/c1-27(2,3)37-26(35)33-9-10-34-22(15-33)24(29-25(34)18-8-11-36-16-18)17-6-7-21-20(12-17)23(30-32(21)5)19-13-28-31(4)14-19;1-17(2)18(3,4)25-19(24-17)13-7-8-15-14(9-13)16(21-23(15)6)12-10-20-22(5)11-12;1-15(2,3)22-14(20)18-5-6-19-11(8-18)12(16)17-13(19)10-4-7-21-9-10;1-2(3)4;2-1-4-3;;;/h6-7,12-14,18H,8-11,15-16H2,1-5H3;7-11H,1-6H3;10H,4-9H2,1-3H3;2H,1H3;1,3H;;;/q;;;;;2*+1;-1/p-1. The van der Waals surface area contributed by atoms with Crippen LogP contribution >= 0.6 is 39.1 Å². The molecule has 6 aromatic heterocycles. The van der Waals surface area contributed by atoms with Crippen LogP contribution in [0.25, 0.3) is 55.6 Å². The number of imidazole rings is 2. The van der Waals surface area contributed by atoms with Crippen LogP contribution in [0.3, 0.4) is 0 Å². The maximum absolute atomic E-state index is 13.0. The molecule has 0 spiro atoms.